The number of benzene rings is 7. The summed E-state index contributed by atoms with van der Waals surface area (Å²) in [5.41, 5.74) is 9.27. The first kappa shape index (κ1) is 29.4. The minimum atomic E-state index is 0.621. The molecule has 2 heterocycles. The Morgan fingerprint density at radius 3 is 1.36 bits per heavy atom. The molecule has 0 aliphatic carbocycles. The monoisotopic (exact) mass is 638 g/mol. The van der Waals surface area contributed by atoms with Crippen LogP contribution in [0.2, 0.25) is 0 Å². The third kappa shape index (κ3) is 5.59. The summed E-state index contributed by atoms with van der Waals surface area (Å²) in [6.07, 6.45) is 1.83. The van der Waals surface area contributed by atoms with Gasteiger partial charge in [0.05, 0.1) is 5.69 Å². The third-order valence-corrected chi connectivity index (χ3v) is 9.13. The van der Waals surface area contributed by atoms with Gasteiger partial charge in [0.15, 0.2) is 17.5 Å². The first-order chi connectivity index (χ1) is 24.8. The van der Waals surface area contributed by atoms with Crippen LogP contribution in [0.4, 0.5) is 0 Å². The predicted molar refractivity (Wildman–Crippen MR) is 205 cm³/mol. The summed E-state index contributed by atoms with van der Waals surface area (Å²) < 4.78 is 0. The van der Waals surface area contributed by atoms with Crippen molar-refractivity contribution in [3.63, 3.8) is 0 Å². The lowest BCUT2D eigenvalue weighted by atomic mass is 9.89. The Morgan fingerprint density at radius 2 is 0.780 bits per heavy atom. The largest absolute Gasteiger partial charge is 0.256 e. The highest BCUT2D eigenvalue weighted by molar-refractivity contribution is 6.13. The van der Waals surface area contributed by atoms with Crippen molar-refractivity contribution in [1.82, 2.24) is 19.9 Å². The quantitative estimate of drug-likeness (QED) is 0.170. The van der Waals surface area contributed by atoms with E-state index in [4.69, 9.17) is 15.0 Å². The van der Waals surface area contributed by atoms with E-state index in [1.54, 1.807) is 0 Å². The summed E-state index contributed by atoms with van der Waals surface area (Å²) in [4.78, 5) is 19.7. The van der Waals surface area contributed by atoms with Crippen molar-refractivity contribution in [3.8, 4) is 67.7 Å². The molecule has 0 aliphatic heterocycles. The fourth-order valence-corrected chi connectivity index (χ4v) is 6.70. The van der Waals surface area contributed by atoms with E-state index >= 15 is 0 Å². The number of aromatic nitrogens is 4. The highest BCUT2D eigenvalue weighted by Crippen LogP contribution is 2.40. The molecule has 2 aromatic heterocycles. The lowest BCUT2D eigenvalue weighted by Gasteiger charge is -2.16. The van der Waals surface area contributed by atoms with Gasteiger partial charge in [-0.25, -0.2) is 15.0 Å². The van der Waals surface area contributed by atoms with Gasteiger partial charge in [-0.1, -0.05) is 140 Å². The van der Waals surface area contributed by atoms with E-state index < -0.39 is 0 Å². The molecule has 0 saturated heterocycles. The molecular formula is C46H30N4. The zero-order chi connectivity index (χ0) is 33.3. The molecule has 4 nitrogen and oxygen atoms in total. The lowest BCUT2D eigenvalue weighted by molar-refractivity contribution is 1.07. The average Bonchev–Trinajstić information content (AvgIpc) is 3.20. The van der Waals surface area contributed by atoms with Gasteiger partial charge in [0.1, 0.15) is 0 Å². The lowest BCUT2D eigenvalue weighted by Crippen LogP contribution is -2.00. The molecule has 7 aromatic carbocycles. The summed E-state index contributed by atoms with van der Waals surface area (Å²) in [6, 6.07) is 61.1. The van der Waals surface area contributed by atoms with Gasteiger partial charge >= 0.3 is 0 Å². The standard InChI is InChI=1S/C46H30N4/c1-3-13-33(14-4-1)44-48-45(34-15-5-2-6-16-34)50-46(49-44)39-29-37(31-22-24-32(25-23-31)42-21-11-12-26-47-42)28-38(30-39)43-40-19-9-7-17-35(40)27-36-18-8-10-20-41(36)43/h1-30H. The molecular weight excluding hydrogens is 609 g/mol. The maximum absolute atomic E-state index is 5.12. The van der Waals surface area contributed by atoms with Crippen molar-refractivity contribution in [2.75, 3.05) is 0 Å². The Balaban J connectivity index is 1.30. The van der Waals surface area contributed by atoms with Gasteiger partial charge in [-0.05, 0) is 80.2 Å². The zero-order valence-electron chi connectivity index (χ0n) is 27.1. The summed E-state index contributed by atoms with van der Waals surface area (Å²) in [5.74, 6) is 1.89. The molecule has 0 aliphatic rings. The molecule has 0 radical (unpaired) electrons. The van der Waals surface area contributed by atoms with Crippen molar-refractivity contribution in [2.45, 2.75) is 0 Å². The summed E-state index contributed by atoms with van der Waals surface area (Å²) in [7, 11) is 0. The van der Waals surface area contributed by atoms with E-state index in [1.807, 2.05) is 85.1 Å². The van der Waals surface area contributed by atoms with Crippen LogP contribution in [0.25, 0.3) is 89.2 Å². The molecule has 9 rings (SSSR count). The second-order valence-corrected chi connectivity index (χ2v) is 12.3. The van der Waals surface area contributed by atoms with Crippen molar-refractivity contribution in [2.24, 2.45) is 0 Å². The molecule has 0 spiro atoms. The Hall–Kier alpha value is -6.78. The molecule has 4 heteroatoms. The Bertz CT molecular complexity index is 2510. The first-order valence-corrected chi connectivity index (χ1v) is 16.7. The molecule has 0 atom stereocenters. The Kier molecular flexibility index (Phi) is 7.45. The van der Waals surface area contributed by atoms with E-state index in [-0.39, 0.29) is 0 Å². The summed E-state index contributed by atoms with van der Waals surface area (Å²) >= 11 is 0. The topological polar surface area (TPSA) is 51.6 Å². The van der Waals surface area contributed by atoms with Crippen molar-refractivity contribution in [1.29, 1.82) is 0 Å². The van der Waals surface area contributed by atoms with Crippen LogP contribution in [0.15, 0.2) is 182 Å². The van der Waals surface area contributed by atoms with Crippen molar-refractivity contribution in [3.05, 3.63) is 182 Å². The van der Waals surface area contributed by atoms with Gasteiger partial charge in [0.25, 0.3) is 0 Å². The Labute approximate surface area is 290 Å². The van der Waals surface area contributed by atoms with Gasteiger partial charge in [-0.3, -0.25) is 4.98 Å². The molecule has 0 N–H and O–H groups in total. The number of rotatable bonds is 6. The number of nitrogens with zero attached hydrogens (tertiary/aromatic N) is 4. The molecule has 50 heavy (non-hydrogen) atoms. The van der Waals surface area contributed by atoms with Crippen molar-refractivity contribution >= 4 is 21.5 Å². The molecule has 9 aromatic rings. The second kappa shape index (κ2) is 12.7. The molecule has 0 fully saturated rings. The maximum atomic E-state index is 5.12. The Morgan fingerprint density at radius 1 is 0.300 bits per heavy atom. The fraction of sp³-hybridized carbons (Fsp3) is 0. The van der Waals surface area contributed by atoms with E-state index in [0.717, 1.165) is 44.6 Å². The fourth-order valence-electron chi connectivity index (χ4n) is 6.70. The molecule has 0 saturated carbocycles. The van der Waals surface area contributed by atoms with E-state index in [1.165, 1.54) is 27.1 Å². The van der Waals surface area contributed by atoms with E-state index in [0.29, 0.717) is 17.5 Å². The van der Waals surface area contributed by atoms with Crippen LogP contribution in [-0.4, -0.2) is 19.9 Å². The van der Waals surface area contributed by atoms with E-state index in [9.17, 15) is 0 Å². The van der Waals surface area contributed by atoms with Gasteiger partial charge in [0.2, 0.25) is 0 Å². The van der Waals surface area contributed by atoms with E-state index in [2.05, 4.69) is 102 Å². The molecule has 0 amide bonds. The number of pyridine rings is 1. The zero-order valence-corrected chi connectivity index (χ0v) is 27.1. The predicted octanol–water partition coefficient (Wildman–Crippen LogP) is 11.6. The van der Waals surface area contributed by atoms with Crippen LogP contribution in [0.5, 0.6) is 0 Å². The normalized spacial score (nSPS) is 11.2. The minimum absolute atomic E-state index is 0.621. The van der Waals surface area contributed by atoms with Gasteiger partial charge in [0, 0.05) is 28.5 Å². The highest BCUT2D eigenvalue weighted by atomic mass is 15.0. The third-order valence-electron chi connectivity index (χ3n) is 9.13. The second-order valence-electron chi connectivity index (χ2n) is 12.3. The molecule has 234 valence electrons. The summed E-state index contributed by atoms with van der Waals surface area (Å²) in [6.45, 7) is 0. The number of fused-ring (bicyclic) bond motifs is 2. The van der Waals surface area contributed by atoms with Crippen LogP contribution >= 0.6 is 0 Å². The van der Waals surface area contributed by atoms with Crippen molar-refractivity contribution < 1.29 is 0 Å². The minimum Gasteiger partial charge on any atom is -0.256 e. The highest BCUT2D eigenvalue weighted by Gasteiger charge is 2.17. The van der Waals surface area contributed by atoms with Crippen LogP contribution in [-0.2, 0) is 0 Å². The summed E-state index contributed by atoms with van der Waals surface area (Å²) in [5, 5.41) is 4.80. The number of hydrogen-bond acceptors (Lipinski definition) is 4. The molecule has 0 unspecified atom stereocenters. The first-order valence-electron chi connectivity index (χ1n) is 16.7. The van der Waals surface area contributed by atoms with Crippen LogP contribution in [0, 0.1) is 0 Å². The SMILES string of the molecule is c1ccc(-c2nc(-c3ccccc3)nc(-c3cc(-c4ccc(-c5ccccn5)cc4)cc(-c4c5ccccc5cc5ccccc45)c3)n2)cc1. The van der Waals surface area contributed by atoms with Gasteiger partial charge in [-0.15, -0.1) is 0 Å². The van der Waals surface area contributed by atoms with Gasteiger partial charge < -0.3 is 0 Å². The van der Waals surface area contributed by atoms with Crippen LogP contribution in [0.1, 0.15) is 0 Å². The van der Waals surface area contributed by atoms with Crippen LogP contribution in [0.3, 0.4) is 0 Å². The maximum Gasteiger partial charge on any atom is 0.164 e. The van der Waals surface area contributed by atoms with Gasteiger partial charge in [-0.2, -0.15) is 0 Å². The smallest absolute Gasteiger partial charge is 0.164 e. The molecule has 0 bridgehead atoms. The average molecular weight is 639 g/mol. The number of hydrogen-bond donors (Lipinski definition) is 0. The van der Waals surface area contributed by atoms with Crippen LogP contribution < -0.4 is 0 Å².